The highest BCUT2D eigenvalue weighted by Gasteiger charge is 2.26. The third-order valence-corrected chi connectivity index (χ3v) is 2.57. The zero-order chi connectivity index (χ0) is 11.4. The van der Waals surface area contributed by atoms with Crippen LogP contribution in [0.25, 0.3) is 0 Å². The van der Waals surface area contributed by atoms with Crippen LogP contribution in [-0.2, 0) is 4.74 Å². The topological polar surface area (TPSA) is 61.8 Å². The Morgan fingerprint density at radius 3 is 2.87 bits per heavy atom. The highest BCUT2D eigenvalue weighted by molar-refractivity contribution is 5.74. The molecule has 3 unspecified atom stereocenters. The number of carbonyl (C=O) groups is 1. The Kier molecular flexibility index (Phi) is 4.35. The SMILES string of the molecule is CC(O)CN(C)C(=O)NC1CCOC1C. The first-order valence-electron chi connectivity index (χ1n) is 5.32. The number of carbonyl (C=O) groups excluding carboxylic acids is 1. The van der Waals surface area contributed by atoms with Crippen molar-refractivity contribution in [2.75, 3.05) is 20.2 Å². The minimum atomic E-state index is -0.502. The van der Waals surface area contributed by atoms with Crippen LogP contribution in [-0.4, -0.2) is 54.5 Å². The van der Waals surface area contributed by atoms with E-state index in [0.717, 1.165) is 6.42 Å². The molecule has 0 aromatic rings. The summed E-state index contributed by atoms with van der Waals surface area (Å²) in [6.07, 6.45) is 0.432. The normalized spacial score (nSPS) is 27.5. The second kappa shape index (κ2) is 5.32. The summed E-state index contributed by atoms with van der Waals surface area (Å²) < 4.78 is 5.34. The Morgan fingerprint density at radius 2 is 2.40 bits per heavy atom. The van der Waals surface area contributed by atoms with Crippen LogP contribution in [0.4, 0.5) is 4.79 Å². The van der Waals surface area contributed by atoms with Gasteiger partial charge in [-0.2, -0.15) is 0 Å². The van der Waals surface area contributed by atoms with Gasteiger partial charge in [-0.25, -0.2) is 4.79 Å². The first kappa shape index (κ1) is 12.3. The van der Waals surface area contributed by atoms with E-state index in [-0.39, 0.29) is 18.2 Å². The first-order chi connectivity index (χ1) is 7.00. The van der Waals surface area contributed by atoms with E-state index in [2.05, 4.69) is 5.32 Å². The molecule has 2 N–H and O–H groups in total. The van der Waals surface area contributed by atoms with E-state index in [0.29, 0.717) is 13.2 Å². The smallest absolute Gasteiger partial charge is 0.317 e. The average Bonchev–Trinajstić information content (AvgIpc) is 2.50. The third kappa shape index (κ3) is 3.68. The molecular weight excluding hydrogens is 196 g/mol. The number of likely N-dealkylation sites (N-methyl/N-ethyl adjacent to an activating group) is 1. The maximum atomic E-state index is 11.6. The van der Waals surface area contributed by atoms with E-state index in [1.165, 1.54) is 4.90 Å². The Labute approximate surface area is 90.4 Å². The molecule has 3 atom stereocenters. The lowest BCUT2D eigenvalue weighted by molar-refractivity contribution is 0.110. The summed E-state index contributed by atoms with van der Waals surface area (Å²) in [7, 11) is 1.67. The molecule has 88 valence electrons. The summed E-state index contributed by atoms with van der Waals surface area (Å²) in [5, 5.41) is 12.0. The van der Waals surface area contributed by atoms with Crippen molar-refractivity contribution in [2.24, 2.45) is 0 Å². The maximum absolute atomic E-state index is 11.6. The molecule has 1 saturated heterocycles. The van der Waals surface area contributed by atoms with Crippen molar-refractivity contribution in [2.45, 2.75) is 38.5 Å². The summed E-state index contributed by atoms with van der Waals surface area (Å²) in [4.78, 5) is 13.1. The number of hydrogen-bond donors (Lipinski definition) is 2. The monoisotopic (exact) mass is 216 g/mol. The van der Waals surface area contributed by atoms with Gasteiger partial charge < -0.3 is 20.1 Å². The van der Waals surface area contributed by atoms with Crippen molar-refractivity contribution in [3.8, 4) is 0 Å². The van der Waals surface area contributed by atoms with Crippen molar-refractivity contribution in [3.63, 3.8) is 0 Å². The molecule has 1 aliphatic heterocycles. The molecule has 0 bridgehead atoms. The highest BCUT2D eigenvalue weighted by atomic mass is 16.5. The number of amides is 2. The van der Waals surface area contributed by atoms with Gasteiger partial charge in [0.05, 0.1) is 18.2 Å². The Morgan fingerprint density at radius 1 is 1.73 bits per heavy atom. The lowest BCUT2D eigenvalue weighted by Crippen LogP contribution is -2.47. The number of aliphatic hydroxyl groups excluding tert-OH is 1. The molecule has 0 aliphatic carbocycles. The number of rotatable bonds is 3. The quantitative estimate of drug-likeness (QED) is 0.707. The molecule has 2 amide bonds. The van der Waals surface area contributed by atoms with Crippen LogP contribution in [0.2, 0.25) is 0 Å². The number of hydrogen-bond acceptors (Lipinski definition) is 3. The molecule has 0 spiro atoms. The van der Waals surface area contributed by atoms with Crippen LogP contribution >= 0.6 is 0 Å². The number of nitrogens with one attached hydrogen (secondary N) is 1. The van der Waals surface area contributed by atoms with E-state index < -0.39 is 6.10 Å². The lowest BCUT2D eigenvalue weighted by atomic mass is 10.2. The van der Waals surface area contributed by atoms with Crippen molar-refractivity contribution >= 4 is 6.03 Å². The number of urea groups is 1. The Bertz CT molecular complexity index is 221. The van der Waals surface area contributed by atoms with Crippen molar-refractivity contribution < 1.29 is 14.6 Å². The minimum absolute atomic E-state index is 0.0777. The van der Waals surface area contributed by atoms with E-state index in [9.17, 15) is 4.79 Å². The third-order valence-electron chi connectivity index (χ3n) is 2.57. The molecule has 1 aliphatic rings. The largest absolute Gasteiger partial charge is 0.392 e. The van der Waals surface area contributed by atoms with Gasteiger partial charge in [-0.3, -0.25) is 0 Å². The summed E-state index contributed by atoms with van der Waals surface area (Å²) >= 11 is 0. The van der Waals surface area contributed by atoms with Crippen LogP contribution < -0.4 is 5.32 Å². The van der Waals surface area contributed by atoms with Crippen LogP contribution in [0, 0.1) is 0 Å². The Balaban J connectivity index is 2.34. The molecule has 5 nitrogen and oxygen atoms in total. The molecule has 15 heavy (non-hydrogen) atoms. The maximum Gasteiger partial charge on any atom is 0.317 e. The van der Waals surface area contributed by atoms with Gasteiger partial charge in [0.15, 0.2) is 0 Å². The second-order valence-electron chi connectivity index (χ2n) is 4.15. The highest BCUT2D eigenvalue weighted by Crippen LogP contribution is 2.12. The molecule has 0 aromatic carbocycles. The van der Waals surface area contributed by atoms with Crippen molar-refractivity contribution in [3.05, 3.63) is 0 Å². The predicted molar refractivity (Wildman–Crippen MR) is 56.7 cm³/mol. The first-order valence-corrected chi connectivity index (χ1v) is 5.32. The van der Waals surface area contributed by atoms with Crippen LogP contribution in [0.3, 0.4) is 0 Å². The van der Waals surface area contributed by atoms with Gasteiger partial charge in [0.25, 0.3) is 0 Å². The molecule has 5 heteroatoms. The number of aliphatic hydroxyl groups is 1. The van der Waals surface area contributed by atoms with Gasteiger partial charge in [-0.1, -0.05) is 0 Å². The lowest BCUT2D eigenvalue weighted by Gasteiger charge is -2.23. The molecule has 1 fully saturated rings. The van der Waals surface area contributed by atoms with Gasteiger partial charge in [-0.15, -0.1) is 0 Å². The minimum Gasteiger partial charge on any atom is -0.392 e. The van der Waals surface area contributed by atoms with Gasteiger partial charge >= 0.3 is 6.03 Å². The van der Waals surface area contributed by atoms with Crippen molar-refractivity contribution in [1.29, 1.82) is 0 Å². The molecular formula is C10H20N2O3. The van der Waals surface area contributed by atoms with Gasteiger partial charge in [0.1, 0.15) is 0 Å². The summed E-state index contributed by atoms with van der Waals surface area (Å²) in [5.74, 6) is 0. The van der Waals surface area contributed by atoms with E-state index in [4.69, 9.17) is 9.84 Å². The Hall–Kier alpha value is -0.810. The molecule has 0 saturated carbocycles. The van der Waals surface area contributed by atoms with Gasteiger partial charge in [0, 0.05) is 20.2 Å². The van der Waals surface area contributed by atoms with E-state index >= 15 is 0 Å². The fourth-order valence-corrected chi connectivity index (χ4v) is 1.67. The second-order valence-corrected chi connectivity index (χ2v) is 4.15. The van der Waals surface area contributed by atoms with Crippen molar-refractivity contribution in [1.82, 2.24) is 10.2 Å². The molecule has 0 aromatic heterocycles. The van der Waals surface area contributed by atoms with E-state index in [1.54, 1.807) is 14.0 Å². The van der Waals surface area contributed by atoms with Crippen LogP contribution in [0.5, 0.6) is 0 Å². The number of nitrogens with zero attached hydrogens (tertiary/aromatic N) is 1. The summed E-state index contributed by atoms with van der Waals surface area (Å²) in [6.45, 7) is 4.65. The average molecular weight is 216 g/mol. The van der Waals surface area contributed by atoms with Crippen LogP contribution in [0.1, 0.15) is 20.3 Å². The zero-order valence-corrected chi connectivity index (χ0v) is 9.56. The number of ether oxygens (including phenoxy) is 1. The zero-order valence-electron chi connectivity index (χ0n) is 9.56. The molecule has 1 heterocycles. The predicted octanol–water partition coefficient (Wildman–Crippen LogP) is 0.186. The summed E-state index contributed by atoms with van der Waals surface area (Å²) in [5.41, 5.74) is 0. The fourth-order valence-electron chi connectivity index (χ4n) is 1.67. The van der Waals surface area contributed by atoms with Gasteiger partial charge in [0.2, 0.25) is 0 Å². The van der Waals surface area contributed by atoms with E-state index in [1.807, 2.05) is 6.92 Å². The molecule has 1 rings (SSSR count). The summed E-state index contributed by atoms with van der Waals surface area (Å²) in [6, 6.07) is -0.0628. The standard InChI is InChI=1S/C10H20N2O3/c1-7(13)6-12(3)10(14)11-9-4-5-15-8(9)2/h7-9,13H,4-6H2,1-3H3,(H,11,14). The fraction of sp³-hybridized carbons (Fsp3) is 0.900. The van der Waals surface area contributed by atoms with Gasteiger partial charge in [-0.05, 0) is 20.3 Å². The van der Waals surface area contributed by atoms with Crippen LogP contribution in [0.15, 0.2) is 0 Å². The molecule has 0 radical (unpaired) electrons.